The Labute approximate surface area is 165 Å². The molecule has 144 valence electrons. The summed E-state index contributed by atoms with van der Waals surface area (Å²) >= 11 is 0. The van der Waals surface area contributed by atoms with Gasteiger partial charge in [-0.3, -0.25) is 4.79 Å². The van der Waals surface area contributed by atoms with Gasteiger partial charge in [0.2, 0.25) is 0 Å². The minimum Gasteiger partial charge on any atom is -0.303 e. The van der Waals surface area contributed by atoms with Crippen LogP contribution in [0, 0.1) is 11.8 Å². The third-order valence-corrected chi connectivity index (χ3v) is 5.73. The number of rotatable bonds is 6. The van der Waals surface area contributed by atoms with Gasteiger partial charge in [0.05, 0.1) is 0 Å². The number of carbonyl (C=O) groups excluding carboxylic acids is 1. The molecule has 0 bridgehead atoms. The number of hydrogen-bond donors (Lipinski definition) is 0. The summed E-state index contributed by atoms with van der Waals surface area (Å²) in [6.45, 7) is 10.1. The number of ketones is 1. The monoisotopic (exact) mass is 375 g/mol. The molecule has 1 aliphatic carbocycles. The molecule has 26 heavy (non-hydrogen) atoms. The van der Waals surface area contributed by atoms with Crippen molar-refractivity contribution < 1.29 is 4.79 Å². The Morgan fingerprint density at radius 2 is 1.77 bits per heavy atom. The third-order valence-electron chi connectivity index (χ3n) is 5.73. The standard InChI is InChI=1S/C23H33NO.ClH/c1-17(2)14-19-6-8-20(9-7-19)18(3)15-21-10-11-22(23(21)25)16-24-12-4-5-13-24;/h6-9,15,17-18,22H,4-5,10-14,16H2,1-3H3;1H. The lowest BCUT2D eigenvalue weighted by molar-refractivity contribution is -0.118. The van der Waals surface area contributed by atoms with Gasteiger partial charge in [-0.05, 0) is 73.7 Å². The van der Waals surface area contributed by atoms with Crippen LogP contribution in [0.15, 0.2) is 35.9 Å². The number of carbonyl (C=O) groups is 1. The molecule has 1 aliphatic heterocycles. The molecule has 0 N–H and O–H groups in total. The summed E-state index contributed by atoms with van der Waals surface area (Å²) in [5.74, 6) is 1.66. The van der Waals surface area contributed by atoms with Crippen LogP contribution >= 0.6 is 12.4 Å². The van der Waals surface area contributed by atoms with Crippen LogP contribution < -0.4 is 0 Å². The van der Waals surface area contributed by atoms with Crippen molar-refractivity contribution in [2.45, 2.75) is 58.8 Å². The molecule has 1 heterocycles. The fraction of sp³-hybridized carbons (Fsp3) is 0.609. The van der Waals surface area contributed by atoms with Gasteiger partial charge >= 0.3 is 0 Å². The number of hydrogen-bond acceptors (Lipinski definition) is 2. The van der Waals surface area contributed by atoms with Gasteiger partial charge in [0.25, 0.3) is 0 Å². The molecule has 1 aromatic carbocycles. The highest BCUT2D eigenvalue weighted by atomic mass is 35.5. The summed E-state index contributed by atoms with van der Waals surface area (Å²) in [5, 5.41) is 0. The SMILES string of the molecule is CC(C)Cc1ccc(C(C)C=C2CCC(CN3CCCC3)C2=O)cc1.Cl. The number of halogens is 1. The van der Waals surface area contributed by atoms with E-state index in [1.807, 2.05) is 0 Å². The summed E-state index contributed by atoms with van der Waals surface area (Å²) in [5.41, 5.74) is 3.79. The van der Waals surface area contributed by atoms with Gasteiger partial charge in [-0.2, -0.15) is 0 Å². The molecule has 2 aliphatic rings. The smallest absolute Gasteiger partial charge is 0.162 e. The predicted octanol–water partition coefficient (Wildman–Crippen LogP) is 5.41. The van der Waals surface area contributed by atoms with Crippen molar-refractivity contribution in [3.05, 3.63) is 47.0 Å². The molecule has 1 saturated heterocycles. The van der Waals surface area contributed by atoms with E-state index < -0.39 is 0 Å². The van der Waals surface area contributed by atoms with Crippen LogP contribution in [-0.2, 0) is 11.2 Å². The van der Waals surface area contributed by atoms with Crippen LogP contribution in [-0.4, -0.2) is 30.3 Å². The number of allylic oxidation sites excluding steroid dienone is 2. The molecule has 2 nitrogen and oxygen atoms in total. The van der Waals surface area contributed by atoms with Crippen molar-refractivity contribution in [3.63, 3.8) is 0 Å². The molecule has 3 heteroatoms. The van der Waals surface area contributed by atoms with E-state index >= 15 is 0 Å². The second-order valence-electron chi connectivity index (χ2n) is 8.43. The van der Waals surface area contributed by atoms with Gasteiger partial charge in [-0.15, -0.1) is 12.4 Å². The lowest BCUT2D eigenvalue weighted by atomic mass is 9.94. The predicted molar refractivity (Wildman–Crippen MR) is 112 cm³/mol. The van der Waals surface area contributed by atoms with Gasteiger partial charge in [0.15, 0.2) is 5.78 Å². The van der Waals surface area contributed by atoms with Crippen molar-refractivity contribution in [3.8, 4) is 0 Å². The van der Waals surface area contributed by atoms with Gasteiger partial charge < -0.3 is 4.90 Å². The van der Waals surface area contributed by atoms with E-state index in [2.05, 4.69) is 56.0 Å². The van der Waals surface area contributed by atoms with E-state index in [9.17, 15) is 4.79 Å². The first-order valence-corrected chi connectivity index (χ1v) is 10.1. The zero-order valence-electron chi connectivity index (χ0n) is 16.5. The zero-order valence-corrected chi connectivity index (χ0v) is 17.4. The Bertz CT molecular complexity index is 614. The third kappa shape index (κ3) is 5.44. The molecule has 0 aromatic heterocycles. The topological polar surface area (TPSA) is 20.3 Å². The second-order valence-corrected chi connectivity index (χ2v) is 8.43. The maximum absolute atomic E-state index is 12.7. The summed E-state index contributed by atoms with van der Waals surface area (Å²) in [6, 6.07) is 8.97. The number of Topliss-reactive ketones (excluding diaryl/α,β-unsaturated/α-hetero) is 1. The molecule has 0 spiro atoms. The normalized spacial score (nSPS) is 23.6. The Morgan fingerprint density at radius 1 is 1.12 bits per heavy atom. The van der Waals surface area contributed by atoms with Gasteiger partial charge in [-0.1, -0.05) is 51.1 Å². The van der Waals surface area contributed by atoms with Crippen molar-refractivity contribution in [2.75, 3.05) is 19.6 Å². The Balaban J connectivity index is 0.00000243. The molecule has 1 saturated carbocycles. The lowest BCUT2D eigenvalue weighted by Crippen LogP contribution is -2.28. The number of likely N-dealkylation sites (tertiary alicyclic amines) is 1. The highest BCUT2D eigenvalue weighted by molar-refractivity contribution is 5.99. The van der Waals surface area contributed by atoms with E-state index in [0.29, 0.717) is 17.6 Å². The van der Waals surface area contributed by atoms with Crippen LogP contribution in [0.2, 0.25) is 0 Å². The molecule has 2 fully saturated rings. The highest BCUT2D eigenvalue weighted by Gasteiger charge is 2.31. The Morgan fingerprint density at radius 3 is 2.38 bits per heavy atom. The van der Waals surface area contributed by atoms with E-state index in [-0.39, 0.29) is 18.3 Å². The van der Waals surface area contributed by atoms with E-state index in [1.165, 1.54) is 37.1 Å². The van der Waals surface area contributed by atoms with Crippen LogP contribution in [0.3, 0.4) is 0 Å². The first-order valence-electron chi connectivity index (χ1n) is 10.1. The van der Waals surface area contributed by atoms with Crippen LogP contribution in [0.5, 0.6) is 0 Å². The fourth-order valence-corrected chi connectivity index (χ4v) is 4.29. The van der Waals surface area contributed by atoms with E-state index in [4.69, 9.17) is 0 Å². The van der Waals surface area contributed by atoms with Gasteiger partial charge in [-0.25, -0.2) is 0 Å². The number of nitrogens with zero attached hydrogens (tertiary/aromatic N) is 1. The summed E-state index contributed by atoms with van der Waals surface area (Å²) in [6.07, 6.45) is 7.96. The maximum Gasteiger partial charge on any atom is 0.162 e. The zero-order chi connectivity index (χ0) is 17.8. The molecule has 0 radical (unpaired) electrons. The van der Waals surface area contributed by atoms with E-state index in [0.717, 1.165) is 31.4 Å². The van der Waals surface area contributed by atoms with Crippen LogP contribution in [0.4, 0.5) is 0 Å². The first-order chi connectivity index (χ1) is 12.0. The minimum atomic E-state index is 0. The second kappa shape index (κ2) is 9.71. The quantitative estimate of drug-likeness (QED) is 0.619. The molecule has 1 aromatic rings. The van der Waals surface area contributed by atoms with Crippen LogP contribution in [0.1, 0.15) is 63.5 Å². The molecule has 0 amide bonds. The maximum atomic E-state index is 12.7. The molecule has 2 unspecified atom stereocenters. The van der Waals surface area contributed by atoms with Crippen molar-refractivity contribution in [1.82, 2.24) is 4.90 Å². The van der Waals surface area contributed by atoms with Crippen molar-refractivity contribution in [1.29, 1.82) is 0 Å². The first kappa shape index (κ1) is 21.2. The Hall–Kier alpha value is -1.12. The summed E-state index contributed by atoms with van der Waals surface area (Å²) in [4.78, 5) is 15.2. The van der Waals surface area contributed by atoms with Gasteiger partial charge in [0.1, 0.15) is 0 Å². The number of benzene rings is 1. The largest absolute Gasteiger partial charge is 0.303 e. The average Bonchev–Trinajstić information content (AvgIpc) is 3.20. The van der Waals surface area contributed by atoms with Crippen molar-refractivity contribution >= 4 is 18.2 Å². The van der Waals surface area contributed by atoms with E-state index in [1.54, 1.807) is 0 Å². The minimum absolute atomic E-state index is 0. The molecule has 3 rings (SSSR count). The molecular weight excluding hydrogens is 342 g/mol. The summed E-state index contributed by atoms with van der Waals surface area (Å²) in [7, 11) is 0. The lowest BCUT2D eigenvalue weighted by Gasteiger charge is -2.18. The highest BCUT2D eigenvalue weighted by Crippen LogP contribution is 2.31. The molecular formula is C23H34ClNO. The van der Waals surface area contributed by atoms with Gasteiger partial charge in [0, 0.05) is 12.5 Å². The average molecular weight is 376 g/mol. The molecule has 2 atom stereocenters. The fourth-order valence-electron chi connectivity index (χ4n) is 4.29. The van der Waals surface area contributed by atoms with Crippen LogP contribution in [0.25, 0.3) is 0 Å². The summed E-state index contributed by atoms with van der Waals surface area (Å²) < 4.78 is 0. The van der Waals surface area contributed by atoms with Crippen molar-refractivity contribution in [2.24, 2.45) is 11.8 Å². The Kier molecular flexibility index (Phi) is 7.91.